The van der Waals surface area contributed by atoms with Crippen LogP contribution in [-0.4, -0.2) is 49.0 Å². The van der Waals surface area contributed by atoms with Crippen molar-refractivity contribution in [2.75, 3.05) is 26.2 Å². The van der Waals surface area contributed by atoms with Crippen molar-refractivity contribution in [2.45, 2.75) is 77.8 Å². The number of hydrogen-bond donors (Lipinski definition) is 1. The number of hydrogen-bond acceptors (Lipinski definition) is 4. The number of benzene rings is 1. The first kappa shape index (κ1) is 25.9. The summed E-state index contributed by atoms with van der Waals surface area (Å²) in [5, 5.41) is 3.33. The Morgan fingerprint density at radius 3 is 2.18 bits per heavy atom. The lowest BCUT2D eigenvalue weighted by atomic mass is 9.86. The van der Waals surface area contributed by atoms with Crippen LogP contribution in [0, 0.1) is 34.6 Å². The summed E-state index contributed by atoms with van der Waals surface area (Å²) in [4.78, 5) is 15.5. The smallest absolute Gasteiger partial charge is 0.203 e. The Bertz CT molecular complexity index is 787. The van der Waals surface area contributed by atoms with Crippen molar-refractivity contribution in [1.82, 2.24) is 10.2 Å². The summed E-state index contributed by atoms with van der Waals surface area (Å²) in [7, 11) is 0. The highest BCUT2D eigenvalue weighted by molar-refractivity contribution is 5.85. The fraction of sp³-hybridized carbons (Fsp3) is 0.720. The Hall–Kier alpha value is -1.67. The molecule has 1 N–H and O–H groups in total. The molecule has 1 atom stereocenters. The molecule has 1 aliphatic carbocycles. The zero-order chi connectivity index (χ0) is 24.2. The second-order valence-electron chi connectivity index (χ2n) is 10.7. The number of ether oxygens (including phenoxy) is 1. The number of likely N-dealkylation sites (tertiary alicyclic amines) is 1. The number of nitrogens with zero attached hydrogens (tertiary/aromatic N) is 1. The predicted molar refractivity (Wildman–Crippen MR) is 119 cm³/mol. The van der Waals surface area contributed by atoms with Gasteiger partial charge in [-0.1, -0.05) is 33.6 Å². The van der Waals surface area contributed by atoms with Gasteiger partial charge in [-0.3, -0.25) is 4.79 Å². The zero-order valence-electron chi connectivity index (χ0n) is 19.9. The largest absolute Gasteiger partial charge is 0.479 e. The van der Waals surface area contributed by atoms with Gasteiger partial charge in [-0.2, -0.15) is 8.78 Å². The highest BCUT2D eigenvalue weighted by Crippen LogP contribution is 2.29. The molecule has 1 unspecified atom stereocenters. The van der Waals surface area contributed by atoms with Gasteiger partial charge in [0, 0.05) is 12.1 Å². The lowest BCUT2D eigenvalue weighted by Gasteiger charge is -2.36. The number of halogens is 4. The Morgan fingerprint density at radius 1 is 1.06 bits per heavy atom. The Morgan fingerprint density at radius 2 is 1.64 bits per heavy atom. The molecular weight excluding hydrogens is 436 g/mol. The molecule has 2 fully saturated rings. The van der Waals surface area contributed by atoms with E-state index in [2.05, 4.69) is 10.2 Å². The maximum atomic E-state index is 13.9. The number of Topliss-reactive ketones (excluding diaryl/α,β-unsaturated/α-hetero) is 1. The minimum atomic E-state index is -1.64. The van der Waals surface area contributed by atoms with Gasteiger partial charge in [0.1, 0.15) is 6.61 Å². The third-order valence-electron chi connectivity index (χ3n) is 6.78. The van der Waals surface area contributed by atoms with Crippen molar-refractivity contribution in [3.8, 4) is 5.75 Å². The summed E-state index contributed by atoms with van der Waals surface area (Å²) in [6.07, 6.45) is 7.86. The van der Waals surface area contributed by atoms with E-state index in [9.17, 15) is 22.4 Å². The molecular formula is C25H36F4N2O2. The average molecular weight is 473 g/mol. The van der Waals surface area contributed by atoms with E-state index < -0.39 is 47.5 Å². The van der Waals surface area contributed by atoms with Crippen LogP contribution < -0.4 is 10.1 Å². The molecule has 1 aromatic rings. The molecule has 1 saturated carbocycles. The molecule has 4 nitrogen and oxygen atoms in total. The number of carbonyl (C=O) groups is 1. The minimum Gasteiger partial charge on any atom is -0.479 e. The number of nitrogens with one attached hydrogen (secondary N) is 1. The third-order valence-corrected chi connectivity index (χ3v) is 6.78. The molecule has 33 heavy (non-hydrogen) atoms. The van der Waals surface area contributed by atoms with Crippen LogP contribution in [0.1, 0.15) is 65.7 Å². The molecule has 8 heteroatoms. The summed E-state index contributed by atoms with van der Waals surface area (Å²) in [6.45, 7) is 8.13. The number of rotatable bonds is 9. The standard InChI is InChI=1S/C25H36F4N2O2/c1-25(2,3)13-20(21(32)15-33-24-22(28)18(26)12-19(27)23(24)29)30-14-16-8-10-31(11-9-16)17-6-4-5-7-17/h12,16-17,20,30H,4-11,13-15H2,1-3H3. The Kier molecular flexibility index (Phi) is 8.78. The summed E-state index contributed by atoms with van der Waals surface area (Å²) in [5.41, 5.74) is -0.180. The summed E-state index contributed by atoms with van der Waals surface area (Å²) in [5.74, 6) is -7.57. The fourth-order valence-corrected chi connectivity index (χ4v) is 4.93. The van der Waals surface area contributed by atoms with Crippen LogP contribution in [0.3, 0.4) is 0 Å². The molecule has 0 aromatic heterocycles. The maximum absolute atomic E-state index is 13.9. The van der Waals surface area contributed by atoms with Gasteiger partial charge in [0.05, 0.1) is 6.04 Å². The van der Waals surface area contributed by atoms with Crippen LogP contribution in [0.5, 0.6) is 5.75 Å². The first-order chi connectivity index (χ1) is 15.5. The maximum Gasteiger partial charge on any atom is 0.203 e. The lowest BCUT2D eigenvalue weighted by Crippen LogP contribution is -2.46. The monoisotopic (exact) mass is 472 g/mol. The third kappa shape index (κ3) is 7.15. The molecule has 1 saturated heterocycles. The van der Waals surface area contributed by atoms with Crippen LogP contribution in [0.4, 0.5) is 17.6 Å². The van der Waals surface area contributed by atoms with Gasteiger partial charge < -0.3 is 15.0 Å². The summed E-state index contributed by atoms with van der Waals surface area (Å²) in [6, 6.07) is 0.253. The topological polar surface area (TPSA) is 41.6 Å². The van der Waals surface area contributed by atoms with Crippen LogP contribution in [-0.2, 0) is 4.79 Å². The average Bonchev–Trinajstić information content (AvgIpc) is 3.29. The van der Waals surface area contributed by atoms with Crippen LogP contribution in [0.15, 0.2) is 6.07 Å². The van der Waals surface area contributed by atoms with Crippen molar-refractivity contribution in [3.05, 3.63) is 29.3 Å². The van der Waals surface area contributed by atoms with Crippen molar-refractivity contribution >= 4 is 5.78 Å². The van der Waals surface area contributed by atoms with E-state index in [1.807, 2.05) is 20.8 Å². The second kappa shape index (κ2) is 11.2. The van der Waals surface area contributed by atoms with Gasteiger partial charge in [-0.05, 0) is 63.1 Å². The fourth-order valence-electron chi connectivity index (χ4n) is 4.93. The van der Waals surface area contributed by atoms with Crippen molar-refractivity contribution in [2.24, 2.45) is 11.3 Å². The predicted octanol–water partition coefficient (Wildman–Crippen LogP) is 5.24. The van der Waals surface area contributed by atoms with E-state index in [0.29, 0.717) is 18.9 Å². The molecule has 1 aliphatic heterocycles. The Balaban J connectivity index is 1.55. The minimum absolute atomic E-state index is 0.112. The van der Waals surface area contributed by atoms with Crippen molar-refractivity contribution < 1.29 is 27.1 Å². The molecule has 2 aliphatic rings. The summed E-state index contributed by atoms with van der Waals surface area (Å²) >= 11 is 0. The molecule has 3 rings (SSSR count). The van der Waals surface area contributed by atoms with E-state index >= 15 is 0 Å². The molecule has 0 bridgehead atoms. The number of carbonyl (C=O) groups excluding carboxylic acids is 1. The lowest BCUT2D eigenvalue weighted by molar-refractivity contribution is -0.124. The molecule has 186 valence electrons. The molecule has 1 aromatic carbocycles. The first-order valence-corrected chi connectivity index (χ1v) is 12.0. The van der Waals surface area contributed by atoms with Gasteiger partial charge in [0.25, 0.3) is 0 Å². The van der Waals surface area contributed by atoms with Crippen LogP contribution >= 0.6 is 0 Å². The quantitative estimate of drug-likeness (QED) is 0.394. The SMILES string of the molecule is CC(C)(C)CC(NCC1CCN(C2CCCC2)CC1)C(=O)COc1c(F)c(F)cc(F)c1F. The first-order valence-electron chi connectivity index (χ1n) is 12.0. The van der Waals surface area contributed by atoms with Gasteiger partial charge >= 0.3 is 0 Å². The second-order valence-corrected chi connectivity index (χ2v) is 10.7. The van der Waals surface area contributed by atoms with Gasteiger partial charge in [-0.25, -0.2) is 8.78 Å². The number of piperidine rings is 1. The zero-order valence-corrected chi connectivity index (χ0v) is 19.9. The highest BCUT2D eigenvalue weighted by Gasteiger charge is 2.30. The van der Waals surface area contributed by atoms with Gasteiger partial charge in [-0.15, -0.1) is 0 Å². The van der Waals surface area contributed by atoms with Gasteiger partial charge in [0.2, 0.25) is 11.6 Å². The summed E-state index contributed by atoms with van der Waals surface area (Å²) < 4.78 is 59.5. The Labute approximate surface area is 194 Å². The van der Waals surface area contributed by atoms with E-state index in [0.717, 1.165) is 32.0 Å². The van der Waals surface area contributed by atoms with E-state index in [1.165, 1.54) is 25.7 Å². The number of ketones is 1. The molecule has 1 heterocycles. The highest BCUT2D eigenvalue weighted by atomic mass is 19.2. The van der Waals surface area contributed by atoms with E-state index in [1.54, 1.807) is 0 Å². The molecule has 0 amide bonds. The normalized spacial score (nSPS) is 19.7. The van der Waals surface area contributed by atoms with Crippen molar-refractivity contribution in [3.63, 3.8) is 0 Å². The molecule has 0 radical (unpaired) electrons. The van der Waals surface area contributed by atoms with Crippen molar-refractivity contribution in [1.29, 1.82) is 0 Å². The van der Waals surface area contributed by atoms with Crippen LogP contribution in [0.25, 0.3) is 0 Å². The van der Waals surface area contributed by atoms with E-state index in [4.69, 9.17) is 4.74 Å². The van der Waals surface area contributed by atoms with E-state index in [-0.39, 0.29) is 11.5 Å². The van der Waals surface area contributed by atoms with Crippen LogP contribution in [0.2, 0.25) is 0 Å². The van der Waals surface area contributed by atoms with Gasteiger partial charge in [0.15, 0.2) is 23.2 Å². The molecule has 0 spiro atoms.